The molecule has 0 saturated heterocycles. The Morgan fingerprint density at radius 1 is 1.24 bits per heavy atom. The molecule has 1 aromatic rings. The van der Waals surface area contributed by atoms with Gasteiger partial charge in [0.1, 0.15) is 0 Å². The van der Waals surface area contributed by atoms with Crippen molar-refractivity contribution in [2.45, 2.75) is 44.0 Å². The van der Waals surface area contributed by atoms with Gasteiger partial charge < -0.3 is 5.32 Å². The standard InChI is InChI=1S/C14H22ClNS/c1-3-16-12(2)6-4-5-11-17-14-9-7-13(15)8-10-14/h7-10,12,16H,3-6,11H2,1-2H3. The number of hydrogen-bond acceptors (Lipinski definition) is 2. The molecule has 0 aliphatic heterocycles. The molecule has 1 unspecified atom stereocenters. The van der Waals surface area contributed by atoms with E-state index < -0.39 is 0 Å². The van der Waals surface area contributed by atoms with E-state index in [-0.39, 0.29) is 0 Å². The van der Waals surface area contributed by atoms with E-state index in [1.165, 1.54) is 29.9 Å². The van der Waals surface area contributed by atoms with E-state index in [0.29, 0.717) is 6.04 Å². The molecule has 0 spiro atoms. The maximum Gasteiger partial charge on any atom is 0.0406 e. The molecular weight excluding hydrogens is 250 g/mol. The fraction of sp³-hybridized carbons (Fsp3) is 0.571. The molecule has 1 atom stereocenters. The zero-order valence-corrected chi connectivity index (χ0v) is 12.3. The highest BCUT2D eigenvalue weighted by atomic mass is 35.5. The van der Waals surface area contributed by atoms with E-state index >= 15 is 0 Å². The molecule has 0 saturated carbocycles. The van der Waals surface area contributed by atoms with Crippen LogP contribution in [-0.4, -0.2) is 18.3 Å². The van der Waals surface area contributed by atoms with Crippen LogP contribution in [0.1, 0.15) is 33.1 Å². The Kier molecular flexibility index (Phi) is 7.74. The van der Waals surface area contributed by atoms with Crippen LogP contribution in [0.5, 0.6) is 0 Å². The second-order valence-corrected chi connectivity index (χ2v) is 5.86. The van der Waals surface area contributed by atoms with Gasteiger partial charge in [0.05, 0.1) is 0 Å². The third kappa shape index (κ3) is 6.97. The molecule has 0 fully saturated rings. The lowest BCUT2D eigenvalue weighted by Gasteiger charge is -2.11. The van der Waals surface area contributed by atoms with Crippen molar-refractivity contribution < 1.29 is 0 Å². The molecule has 96 valence electrons. The minimum absolute atomic E-state index is 0.653. The molecule has 0 aliphatic rings. The van der Waals surface area contributed by atoms with Gasteiger partial charge in [0.25, 0.3) is 0 Å². The maximum atomic E-state index is 5.84. The Bertz CT molecular complexity index is 300. The van der Waals surface area contributed by atoms with Gasteiger partial charge in [-0.25, -0.2) is 0 Å². The van der Waals surface area contributed by atoms with Crippen molar-refractivity contribution in [2.24, 2.45) is 0 Å². The average molecular weight is 272 g/mol. The monoisotopic (exact) mass is 271 g/mol. The van der Waals surface area contributed by atoms with Crippen molar-refractivity contribution >= 4 is 23.4 Å². The normalized spacial score (nSPS) is 12.6. The van der Waals surface area contributed by atoms with Crippen molar-refractivity contribution in [3.05, 3.63) is 29.3 Å². The van der Waals surface area contributed by atoms with Gasteiger partial charge in [0.2, 0.25) is 0 Å². The number of halogens is 1. The highest BCUT2D eigenvalue weighted by molar-refractivity contribution is 7.99. The Labute approximate surface area is 114 Å². The van der Waals surface area contributed by atoms with Crippen molar-refractivity contribution in [3.63, 3.8) is 0 Å². The third-order valence-electron chi connectivity index (χ3n) is 2.67. The van der Waals surface area contributed by atoms with Crippen LogP contribution in [0.25, 0.3) is 0 Å². The van der Waals surface area contributed by atoms with E-state index in [4.69, 9.17) is 11.6 Å². The third-order valence-corrected chi connectivity index (χ3v) is 4.02. The Balaban J connectivity index is 2.06. The highest BCUT2D eigenvalue weighted by Gasteiger charge is 1.99. The summed E-state index contributed by atoms with van der Waals surface area (Å²) in [7, 11) is 0. The summed E-state index contributed by atoms with van der Waals surface area (Å²) in [6.07, 6.45) is 3.85. The molecule has 0 aliphatic carbocycles. The van der Waals surface area contributed by atoms with Crippen LogP contribution in [0.3, 0.4) is 0 Å². The molecule has 1 rings (SSSR count). The Morgan fingerprint density at radius 3 is 2.59 bits per heavy atom. The van der Waals surface area contributed by atoms with Gasteiger partial charge in [-0.05, 0) is 56.3 Å². The summed E-state index contributed by atoms with van der Waals surface area (Å²) in [5.41, 5.74) is 0. The summed E-state index contributed by atoms with van der Waals surface area (Å²) < 4.78 is 0. The molecule has 17 heavy (non-hydrogen) atoms. The van der Waals surface area contributed by atoms with Crippen LogP contribution in [0, 0.1) is 0 Å². The zero-order chi connectivity index (χ0) is 12.5. The molecule has 0 amide bonds. The lowest BCUT2D eigenvalue weighted by molar-refractivity contribution is 0.510. The number of hydrogen-bond donors (Lipinski definition) is 1. The highest BCUT2D eigenvalue weighted by Crippen LogP contribution is 2.21. The van der Waals surface area contributed by atoms with Crippen molar-refractivity contribution in [1.82, 2.24) is 5.32 Å². The molecule has 1 aromatic carbocycles. The maximum absolute atomic E-state index is 5.84. The number of unbranched alkanes of at least 4 members (excludes halogenated alkanes) is 1. The summed E-state index contributed by atoms with van der Waals surface area (Å²) >= 11 is 7.76. The number of rotatable bonds is 8. The van der Waals surface area contributed by atoms with Gasteiger partial charge in [-0.2, -0.15) is 0 Å². The number of thioether (sulfide) groups is 1. The topological polar surface area (TPSA) is 12.0 Å². The first-order valence-electron chi connectivity index (χ1n) is 6.34. The fourth-order valence-electron chi connectivity index (χ4n) is 1.72. The first-order valence-corrected chi connectivity index (χ1v) is 7.70. The van der Waals surface area contributed by atoms with Gasteiger partial charge in [-0.3, -0.25) is 0 Å². The molecule has 1 nitrogen and oxygen atoms in total. The summed E-state index contributed by atoms with van der Waals surface area (Å²) in [5.74, 6) is 1.19. The largest absolute Gasteiger partial charge is 0.315 e. The summed E-state index contributed by atoms with van der Waals surface area (Å²) in [5, 5.41) is 4.25. The van der Waals surface area contributed by atoms with Gasteiger partial charge in [-0.1, -0.05) is 24.9 Å². The summed E-state index contributed by atoms with van der Waals surface area (Å²) in [6, 6.07) is 8.75. The van der Waals surface area contributed by atoms with Gasteiger partial charge in [0.15, 0.2) is 0 Å². The van der Waals surface area contributed by atoms with E-state index in [2.05, 4.69) is 31.3 Å². The Morgan fingerprint density at radius 2 is 1.94 bits per heavy atom. The van der Waals surface area contributed by atoms with Gasteiger partial charge in [0, 0.05) is 16.0 Å². The van der Waals surface area contributed by atoms with Crippen LogP contribution in [0.4, 0.5) is 0 Å². The lowest BCUT2D eigenvalue weighted by atomic mass is 10.1. The van der Waals surface area contributed by atoms with Crippen LogP contribution < -0.4 is 5.32 Å². The van der Waals surface area contributed by atoms with E-state index in [0.717, 1.165) is 11.6 Å². The van der Waals surface area contributed by atoms with Crippen LogP contribution in [-0.2, 0) is 0 Å². The van der Waals surface area contributed by atoms with Gasteiger partial charge >= 0.3 is 0 Å². The Hall–Kier alpha value is -0.180. The van der Waals surface area contributed by atoms with Crippen LogP contribution in [0.2, 0.25) is 5.02 Å². The first kappa shape index (κ1) is 14.9. The number of benzene rings is 1. The lowest BCUT2D eigenvalue weighted by Crippen LogP contribution is -2.25. The molecule has 0 aromatic heterocycles. The molecule has 3 heteroatoms. The minimum Gasteiger partial charge on any atom is -0.315 e. The molecule has 0 bridgehead atoms. The number of nitrogens with one attached hydrogen (secondary N) is 1. The first-order chi connectivity index (χ1) is 8.22. The zero-order valence-electron chi connectivity index (χ0n) is 10.7. The second-order valence-electron chi connectivity index (χ2n) is 4.26. The minimum atomic E-state index is 0.653. The van der Waals surface area contributed by atoms with E-state index in [1.807, 2.05) is 23.9 Å². The SMILES string of the molecule is CCNC(C)CCCCSc1ccc(Cl)cc1. The smallest absolute Gasteiger partial charge is 0.0406 e. The van der Waals surface area contributed by atoms with Crippen molar-refractivity contribution in [3.8, 4) is 0 Å². The quantitative estimate of drug-likeness (QED) is 0.548. The second kappa shape index (κ2) is 8.84. The predicted octanol–water partition coefficient (Wildman–Crippen LogP) is 4.60. The summed E-state index contributed by atoms with van der Waals surface area (Å²) in [6.45, 7) is 5.49. The van der Waals surface area contributed by atoms with Crippen molar-refractivity contribution in [2.75, 3.05) is 12.3 Å². The molecule has 1 N–H and O–H groups in total. The van der Waals surface area contributed by atoms with Crippen LogP contribution >= 0.6 is 23.4 Å². The molecule has 0 heterocycles. The molecule has 0 radical (unpaired) electrons. The fourth-order valence-corrected chi connectivity index (χ4v) is 2.76. The average Bonchev–Trinajstić information content (AvgIpc) is 2.31. The van der Waals surface area contributed by atoms with Crippen LogP contribution in [0.15, 0.2) is 29.2 Å². The summed E-state index contributed by atoms with van der Waals surface area (Å²) in [4.78, 5) is 1.31. The van der Waals surface area contributed by atoms with E-state index in [1.54, 1.807) is 0 Å². The van der Waals surface area contributed by atoms with Gasteiger partial charge in [-0.15, -0.1) is 11.8 Å². The predicted molar refractivity (Wildman–Crippen MR) is 79.2 cm³/mol. The van der Waals surface area contributed by atoms with Crippen molar-refractivity contribution in [1.29, 1.82) is 0 Å². The van der Waals surface area contributed by atoms with E-state index in [9.17, 15) is 0 Å². The molecular formula is C14H22ClNS.